The Hall–Kier alpha value is -3.19. The van der Waals surface area contributed by atoms with Gasteiger partial charge in [-0.05, 0) is 30.2 Å². The molecule has 0 unspecified atom stereocenters. The maximum absolute atomic E-state index is 12.2. The average Bonchev–Trinajstić information content (AvgIpc) is 2.65. The fourth-order valence-corrected chi connectivity index (χ4v) is 2.95. The fourth-order valence-electron chi connectivity index (χ4n) is 2.65. The molecule has 138 valence electrons. The van der Waals surface area contributed by atoms with Crippen LogP contribution in [0.2, 0.25) is 5.02 Å². The second-order valence-corrected chi connectivity index (χ2v) is 6.17. The van der Waals surface area contributed by atoms with E-state index in [9.17, 15) is 19.7 Å². The minimum Gasteiger partial charge on any atom is -0.457 e. The smallest absolute Gasteiger partial charge is 0.338 e. The van der Waals surface area contributed by atoms with Crippen LogP contribution in [0, 0.1) is 10.1 Å². The molecule has 1 aromatic heterocycles. The highest BCUT2D eigenvalue weighted by molar-refractivity contribution is 6.32. The first-order valence-electron chi connectivity index (χ1n) is 8.05. The monoisotopic (exact) mass is 387 g/mol. The maximum atomic E-state index is 12.2. The third-order valence-electron chi connectivity index (χ3n) is 4.03. The van der Waals surface area contributed by atoms with Crippen LogP contribution in [0.5, 0.6) is 0 Å². The molecule has 1 heterocycles. The molecule has 27 heavy (non-hydrogen) atoms. The molecule has 0 aliphatic heterocycles. The summed E-state index contributed by atoms with van der Waals surface area (Å²) in [6.07, 6.45) is 0.671. The Morgan fingerprint density at radius 1 is 1.22 bits per heavy atom. The Kier molecular flexibility index (Phi) is 5.23. The number of fused-ring (bicyclic) bond motifs is 1. The molecule has 0 N–H and O–H groups in total. The zero-order valence-electron chi connectivity index (χ0n) is 14.2. The van der Waals surface area contributed by atoms with Crippen LogP contribution in [-0.4, -0.2) is 10.9 Å². The summed E-state index contributed by atoms with van der Waals surface area (Å²) in [6.45, 7) is 1.72. The van der Waals surface area contributed by atoms with E-state index in [2.05, 4.69) is 0 Å². The third kappa shape index (κ3) is 3.98. The van der Waals surface area contributed by atoms with Gasteiger partial charge in [0.1, 0.15) is 12.2 Å². The summed E-state index contributed by atoms with van der Waals surface area (Å²) in [5.74, 6) is -0.739. The van der Waals surface area contributed by atoms with Crippen LogP contribution >= 0.6 is 11.6 Å². The molecular formula is C19H14ClNO6. The van der Waals surface area contributed by atoms with Crippen LogP contribution in [0.1, 0.15) is 28.4 Å². The number of nitro groups is 1. The first kappa shape index (κ1) is 18.6. The van der Waals surface area contributed by atoms with Gasteiger partial charge in [-0.25, -0.2) is 9.59 Å². The summed E-state index contributed by atoms with van der Waals surface area (Å²) in [7, 11) is 0. The lowest BCUT2D eigenvalue weighted by molar-refractivity contribution is -0.384. The Morgan fingerprint density at radius 3 is 2.70 bits per heavy atom. The molecule has 0 amide bonds. The quantitative estimate of drug-likeness (QED) is 0.280. The molecule has 0 bridgehead atoms. The number of carbonyl (C=O) groups excluding carboxylic acids is 1. The standard InChI is InChI=1S/C19H14ClNO6/c1-2-11-7-17-15(9-16(11)20)13(8-18(22)27-17)10-26-19(23)12-4-3-5-14(6-12)21(24)25/h3-9H,2,10H2,1H3. The van der Waals surface area contributed by atoms with Crippen LogP contribution in [0.25, 0.3) is 11.0 Å². The lowest BCUT2D eigenvalue weighted by Crippen LogP contribution is -2.08. The van der Waals surface area contributed by atoms with Crippen molar-refractivity contribution in [3.05, 3.63) is 84.7 Å². The molecule has 3 aromatic rings. The zero-order chi connectivity index (χ0) is 19.6. The van der Waals surface area contributed by atoms with E-state index in [1.807, 2.05) is 6.92 Å². The van der Waals surface area contributed by atoms with E-state index in [1.54, 1.807) is 12.1 Å². The molecule has 2 aromatic carbocycles. The molecule has 0 aliphatic rings. The van der Waals surface area contributed by atoms with Crippen LogP contribution in [0.15, 0.2) is 51.7 Å². The Morgan fingerprint density at radius 2 is 2.00 bits per heavy atom. The van der Waals surface area contributed by atoms with Crippen LogP contribution in [0.3, 0.4) is 0 Å². The predicted octanol–water partition coefficient (Wildman–Crippen LogP) is 4.27. The van der Waals surface area contributed by atoms with Crippen molar-refractivity contribution in [3.8, 4) is 0 Å². The first-order chi connectivity index (χ1) is 12.9. The van der Waals surface area contributed by atoms with E-state index in [-0.39, 0.29) is 17.9 Å². The minimum atomic E-state index is -0.739. The van der Waals surface area contributed by atoms with Crippen molar-refractivity contribution < 1.29 is 18.9 Å². The summed E-state index contributed by atoms with van der Waals surface area (Å²) >= 11 is 6.23. The summed E-state index contributed by atoms with van der Waals surface area (Å²) in [6, 6.07) is 9.79. The average molecular weight is 388 g/mol. The molecule has 0 atom stereocenters. The second-order valence-electron chi connectivity index (χ2n) is 5.77. The van der Waals surface area contributed by atoms with E-state index < -0.39 is 16.5 Å². The highest BCUT2D eigenvalue weighted by atomic mass is 35.5. The number of hydrogen-bond donors (Lipinski definition) is 0. The molecule has 0 saturated heterocycles. The SMILES string of the molecule is CCc1cc2oc(=O)cc(COC(=O)c3cccc([N+](=O)[O-])c3)c2cc1Cl. The molecule has 0 saturated carbocycles. The van der Waals surface area contributed by atoms with E-state index in [1.165, 1.54) is 24.3 Å². The number of carbonyl (C=O) groups is 1. The van der Waals surface area contributed by atoms with Gasteiger partial charge in [-0.1, -0.05) is 24.6 Å². The maximum Gasteiger partial charge on any atom is 0.338 e. The number of halogens is 1. The molecule has 0 spiro atoms. The van der Waals surface area contributed by atoms with Gasteiger partial charge in [0.05, 0.1) is 10.5 Å². The van der Waals surface area contributed by atoms with Gasteiger partial charge in [-0.15, -0.1) is 0 Å². The van der Waals surface area contributed by atoms with Gasteiger partial charge in [0.25, 0.3) is 5.69 Å². The third-order valence-corrected chi connectivity index (χ3v) is 4.38. The lowest BCUT2D eigenvalue weighted by Gasteiger charge is -2.09. The molecule has 0 fully saturated rings. The van der Waals surface area contributed by atoms with Gasteiger partial charge >= 0.3 is 11.6 Å². The largest absolute Gasteiger partial charge is 0.457 e. The Labute approximate surface area is 158 Å². The Balaban J connectivity index is 1.89. The molecular weight excluding hydrogens is 374 g/mol. The zero-order valence-corrected chi connectivity index (χ0v) is 15.0. The summed E-state index contributed by atoms with van der Waals surface area (Å²) in [5, 5.41) is 11.9. The number of ether oxygens (including phenoxy) is 1. The fraction of sp³-hybridized carbons (Fsp3) is 0.158. The molecule has 3 rings (SSSR count). The second kappa shape index (κ2) is 7.59. The van der Waals surface area contributed by atoms with Crippen LogP contribution in [0.4, 0.5) is 5.69 Å². The number of nitrogens with zero attached hydrogens (tertiary/aromatic N) is 1. The van der Waals surface area contributed by atoms with E-state index in [0.29, 0.717) is 28.0 Å². The van der Waals surface area contributed by atoms with Crippen molar-refractivity contribution in [1.82, 2.24) is 0 Å². The number of non-ortho nitro benzene ring substituents is 1. The summed E-state index contributed by atoms with van der Waals surface area (Å²) in [5.41, 5.74) is 0.873. The van der Waals surface area contributed by atoms with Gasteiger partial charge in [0, 0.05) is 34.2 Å². The lowest BCUT2D eigenvalue weighted by atomic mass is 10.1. The molecule has 8 heteroatoms. The van der Waals surface area contributed by atoms with Crippen molar-refractivity contribution in [3.63, 3.8) is 0 Å². The number of nitro benzene ring substituents is 1. The number of hydrogen-bond acceptors (Lipinski definition) is 6. The molecule has 7 nitrogen and oxygen atoms in total. The van der Waals surface area contributed by atoms with Gasteiger partial charge in [-0.2, -0.15) is 0 Å². The van der Waals surface area contributed by atoms with Crippen molar-refractivity contribution in [2.75, 3.05) is 0 Å². The van der Waals surface area contributed by atoms with Gasteiger partial charge < -0.3 is 9.15 Å². The van der Waals surface area contributed by atoms with Gasteiger partial charge in [0.15, 0.2) is 0 Å². The van der Waals surface area contributed by atoms with Crippen LogP contribution in [-0.2, 0) is 17.8 Å². The predicted molar refractivity (Wildman–Crippen MR) is 99.1 cm³/mol. The highest BCUT2D eigenvalue weighted by Crippen LogP contribution is 2.26. The van der Waals surface area contributed by atoms with E-state index >= 15 is 0 Å². The Bertz CT molecular complexity index is 1110. The van der Waals surface area contributed by atoms with Crippen molar-refractivity contribution in [2.45, 2.75) is 20.0 Å². The number of esters is 1. The van der Waals surface area contributed by atoms with Crippen molar-refractivity contribution in [2.24, 2.45) is 0 Å². The summed E-state index contributed by atoms with van der Waals surface area (Å²) < 4.78 is 10.4. The van der Waals surface area contributed by atoms with E-state index in [0.717, 1.165) is 11.6 Å². The topological polar surface area (TPSA) is 99.7 Å². The van der Waals surface area contributed by atoms with Crippen LogP contribution < -0.4 is 5.63 Å². The minimum absolute atomic E-state index is 0.0442. The summed E-state index contributed by atoms with van der Waals surface area (Å²) in [4.78, 5) is 34.2. The van der Waals surface area contributed by atoms with Crippen molar-refractivity contribution in [1.29, 1.82) is 0 Å². The number of benzene rings is 2. The number of rotatable bonds is 5. The van der Waals surface area contributed by atoms with Gasteiger partial charge in [0.2, 0.25) is 0 Å². The first-order valence-corrected chi connectivity index (χ1v) is 8.43. The normalized spacial score (nSPS) is 10.7. The molecule has 0 aliphatic carbocycles. The number of aryl methyl sites for hydroxylation is 1. The van der Waals surface area contributed by atoms with Gasteiger partial charge in [-0.3, -0.25) is 10.1 Å². The molecule has 0 radical (unpaired) electrons. The van der Waals surface area contributed by atoms with E-state index in [4.69, 9.17) is 20.8 Å². The highest BCUT2D eigenvalue weighted by Gasteiger charge is 2.15. The van der Waals surface area contributed by atoms with Crippen molar-refractivity contribution >= 4 is 34.2 Å².